The SMILES string of the molecule is O=C(O)C1=CSC2C(=Cc3cc4n(n3)CCOC4=O)C(=O)N12. The number of nitrogens with zero attached hydrogens (tertiary/aromatic N) is 3. The molecule has 3 aliphatic heterocycles. The van der Waals surface area contributed by atoms with Crippen LogP contribution in [0, 0.1) is 0 Å². The highest BCUT2D eigenvalue weighted by molar-refractivity contribution is 8.03. The minimum atomic E-state index is -1.12. The number of carbonyl (C=O) groups is 3. The van der Waals surface area contributed by atoms with Crippen molar-refractivity contribution in [3.8, 4) is 0 Å². The van der Waals surface area contributed by atoms with E-state index in [0.717, 1.165) is 0 Å². The van der Waals surface area contributed by atoms with Crippen molar-refractivity contribution in [2.45, 2.75) is 11.9 Å². The fourth-order valence-corrected chi connectivity index (χ4v) is 3.68. The molecule has 4 heterocycles. The lowest BCUT2D eigenvalue weighted by atomic mass is 10.0. The molecule has 1 unspecified atom stereocenters. The van der Waals surface area contributed by atoms with Gasteiger partial charge in [-0.25, -0.2) is 9.59 Å². The van der Waals surface area contributed by atoms with Crippen molar-refractivity contribution in [3.05, 3.63) is 34.1 Å². The van der Waals surface area contributed by atoms with Gasteiger partial charge in [0.15, 0.2) is 0 Å². The first-order chi connectivity index (χ1) is 10.6. The summed E-state index contributed by atoms with van der Waals surface area (Å²) >= 11 is 1.26. The zero-order chi connectivity index (χ0) is 15.4. The smallest absolute Gasteiger partial charge is 0.356 e. The van der Waals surface area contributed by atoms with Gasteiger partial charge in [0, 0.05) is 5.41 Å². The largest absolute Gasteiger partial charge is 0.477 e. The van der Waals surface area contributed by atoms with Crippen molar-refractivity contribution in [1.29, 1.82) is 0 Å². The molecule has 1 saturated heterocycles. The van der Waals surface area contributed by atoms with Crippen LogP contribution in [0.1, 0.15) is 16.2 Å². The number of rotatable bonds is 2. The molecule has 0 bridgehead atoms. The maximum atomic E-state index is 12.1. The van der Waals surface area contributed by atoms with Crippen molar-refractivity contribution in [2.24, 2.45) is 0 Å². The van der Waals surface area contributed by atoms with E-state index in [9.17, 15) is 14.4 Å². The Kier molecular flexibility index (Phi) is 2.67. The van der Waals surface area contributed by atoms with Crippen LogP contribution in [0.15, 0.2) is 22.7 Å². The molecule has 1 fully saturated rings. The Hall–Kier alpha value is -2.55. The number of hydrogen-bond donors (Lipinski definition) is 1. The molecule has 112 valence electrons. The molecule has 3 aliphatic rings. The predicted molar refractivity (Wildman–Crippen MR) is 74.4 cm³/mol. The van der Waals surface area contributed by atoms with E-state index in [1.54, 1.807) is 16.8 Å². The summed E-state index contributed by atoms with van der Waals surface area (Å²) in [6.07, 6.45) is 1.59. The van der Waals surface area contributed by atoms with Crippen LogP contribution in [0.3, 0.4) is 0 Å². The van der Waals surface area contributed by atoms with E-state index in [1.807, 2.05) is 0 Å². The summed E-state index contributed by atoms with van der Waals surface area (Å²) in [4.78, 5) is 35.9. The van der Waals surface area contributed by atoms with E-state index in [4.69, 9.17) is 9.84 Å². The summed E-state index contributed by atoms with van der Waals surface area (Å²) < 4.78 is 6.46. The van der Waals surface area contributed by atoms with Gasteiger partial charge in [0.2, 0.25) is 0 Å². The molecule has 1 aromatic rings. The summed E-state index contributed by atoms with van der Waals surface area (Å²) in [5.41, 5.74) is 1.30. The molecule has 8 nitrogen and oxygen atoms in total. The molecule has 0 radical (unpaired) electrons. The predicted octanol–water partition coefficient (Wildman–Crippen LogP) is 0.278. The summed E-state index contributed by atoms with van der Waals surface area (Å²) in [7, 11) is 0. The summed E-state index contributed by atoms with van der Waals surface area (Å²) in [6, 6.07) is 1.57. The summed E-state index contributed by atoms with van der Waals surface area (Å²) in [6.45, 7) is 0.758. The maximum Gasteiger partial charge on any atom is 0.356 e. The normalized spacial score (nSPS) is 24.5. The van der Waals surface area contributed by atoms with Crippen molar-refractivity contribution in [1.82, 2.24) is 14.7 Å². The Balaban J connectivity index is 1.62. The maximum absolute atomic E-state index is 12.1. The molecule has 1 aromatic heterocycles. The van der Waals surface area contributed by atoms with Gasteiger partial charge in [-0.05, 0) is 12.1 Å². The average molecular weight is 319 g/mol. The van der Waals surface area contributed by atoms with E-state index in [0.29, 0.717) is 23.5 Å². The van der Waals surface area contributed by atoms with E-state index in [1.165, 1.54) is 22.1 Å². The van der Waals surface area contributed by atoms with Gasteiger partial charge in [-0.15, -0.1) is 11.8 Å². The van der Waals surface area contributed by atoms with Crippen LogP contribution in [0.2, 0.25) is 0 Å². The van der Waals surface area contributed by atoms with E-state index in [2.05, 4.69) is 5.10 Å². The standard InChI is InChI=1S/C13H9N3O5S/c17-10-7(11-16(10)9(5-22-11)12(18)19)3-6-4-8-13(20)21-2-1-15(8)14-6/h3-5,11H,1-2H2,(H,18,19). The Morgan fingerprint density at radius 3 is 3.05 bits per heavy atom. The number of carbonyl (C=O) groups excluding carboxylic acids is 2. The molecule has 0 aliphatic carbocycles. The van der Waals surface area contributed by atoms with Gasteiger partial charge >= 0.3 is 11.9 Å². The number of β-lactam (4-membered cyclic amide) rings is 1. The number of hydrogen-bond acceptors (Lipinski definition) is 6. The average Bonchev–Trinajstić information content (AvgIpc) is 3.07. The highest BCUT2D eigenvalue weighted by Gasteiger charge is 2.49. The number of cyclic esters (lactones) is 1. The molecule has 0 saturated carbocycles. The van der Waals surface area contributed by atoms with Crippen LogP contribution in [0.25, 0.3) is 6.08 Å². The second-order valence-corrected chi connectivity index (χ2v) is 5.84. The number of amides is 1. The molecule has 1 atom stereocenters. The van der Waals surface area contributed by atoms with Crippen LogP contribution in [0.5, 0.6) is 0 Å². The van der Waals surface area contributed by atoms with Crippen molar-refractivity contribution < 1.29 is 24.2 Å². The zero-order valence-corrected chi connectivity index (χ0v) is 11.9. The van der Waals surface area contributed by atoms with Crippen molar-refractivity contribution in [3.63, 3.8) is 0 Å². The van der Waals surface area contributed by atoms with Crippen molar-refractivity contribution in [2.75, 3.05) is 6.61 Å². The van der Waals surface area contributed by atoms with Crippen LogP contribution in [0.4, 0.5) is 0 Å². The van der Waals surface area contributed by atoms with Gasteiger partial charge in [-0.1, -0.05) is 0 Å². The molecule has 9 heteroatoms. The van der Waals surface area contributed by atoms with Gasteiger partial charge in [0.25, 0.3) is 5.91 Å². The molecule has 1 amide bonds. The van der Waals surface area contributed by atoms with Gasteiger partial charge in [-0.3, -0.25) is 14.4 Å². The third-order valence-electron chi connectivity index (χ3n) is 3.60. The van der Waals surface area contributed by atoms with Crippen LogP contribution >= 0.6 is 11.8 Å². The lowest BCUT2D eigenvalue weighted by Crippen LogP contribution is -2.51. The number of fused-ring (bicyclic) bond motifs is 2. The van der Waals surface area contributed by atoms with E-state index < -0.39 is 11.9 Å². The lowest BCUT2D eigenvalue weighted by molar-refractivity contribution is -0.141. The van der Waals surface area contributed by atoms with Gasteiger partial charge in [0.05, 0.1) is 17.8 Å². The first-order valence-corrected chi connectivity index (χ1v) is 7.39. The molecule has 22 heavy (non-hydrogen) atoms. The van der Waals surface area contributed by atoms with Crippen LogP contribution in [-0.4, -0.2) is 49.6 Å². The number of thioether (sulfide) groups is 1. The van der Waals surface area contributed by atoms with E-state index >= 15 is 0 Å². The Labute approximate surface area is 128 Å². The van der Waals surface area contributed by atoms with Gasteiger partial charge in [0.1, 0.15) is 23.4 Å². The summed E-state index contributed by atoms with van der Waals surface area (Å²) in [5.74, 6) is -1.91. The van der Waals surface area contributed by atoms with Crippen molar-refractivity contribution >= 4 is 35.7 Å². The Morgan fingerprint density at radius 1 is 1.50 bits per heavy atom. The highest BCUT2D eigenvalue weighted by Crippen LogP contribution is 2.45. The summed E-state index contributed by atoms with van der Waals surface area (Å²) in [5, 5.41) is 14.4. The quantitative estimate of drug-likeness (QED) is 0.474. The second-order valence-electron chi connectivity index (χ2n) is 4.89. The number of esters is 1. The van der Waals surface area contributed by atoms with E-state index in [-0.39, 0.29) is 23.6 Å². The Morgan fingerprint density at radius 2 is 2.32 bits per heavy atom. The third-order valence-corrected chi connectivity index (χ3v) is 4.68. The molecule has 0 aromatic carbocycles. The monoisotopic (exact) mass is 319 g/mol. The minimum absolute atomic E-state index is 0.00939. The molecule has 0 spiro atoms. The van der Waals surface area contributed by atoms with Gasteiger partial charge in [-0.2, -0.15) is 5.10 Å². The molecular weight excluding hydrogens is 310 g/mol. The number of aliphatic carboxylic acids is 1. The first kappa shape index (κ1) is 13.1. The third kappa shape index (κ3) is 1.72. The Bertz CT molecular complexity index is 794. The molecule has 4 rings (SSSR count). The van der Waals surface area contributed by atoms with Gasteiger partial charge < -0.3 is 9.84 Å². The van der Waals surface area contributed by atoms with Crippen LogP contribution in [-0.2, 0) is 20.9 Å². The minimum Gasteiger partial charge on any atom is -0.477 e. The fraction of sp³-hybridized carbons (Fsp3) is 0.231. The number of carboxylic acid groups (broad SMARTS) is 1. The molecular formula is C13H9N3O5S. The molecule has 1 N–H and O–H groups in total. The number of ether oxygens (including phenoxy) is 1. The highest BCUT2D eigenvalue weighted by atomic mass is 32.2. The zero-order valence-electron chi connectivity index (χ0n) is 11.1. The fourth-order valence-electron chi connectivity index (χ4n) is 2.57. The number of carboxylic acids is 1. The second kappa shape index (κ2) is 4.47. The number of aromatic nitrogens is 2. The topological polar surface area (TPSA) is 102 Å². The lowest BCUT2D eigenvalue weighted by Gasteiger charge is -2.36. The first-order valence-electron chi connectivity index (χ1n) is 6.45. The van der Waals surface area contributed by atoms with Crippen LogP contribution < -0.4 is 0 Å².